The van der Waals surface area contributed by atoms with E-state index in [0.717, 1.165) is 11.1 Å². The first-order chi connectivity index (χ1) is 15.9. The average Bonchev–Trinajstić information content (AvgIpc) is 3.22. The highest BCUT2D eigenvalue weighted by molar-refractivity contribution is 6.31. The van der Waals surface area contributed by atoms with Gasteiger partial charge in [0.1, 0.15) is 0 Å². The fourth-order valence-electron chi connectivity index (χ4n) is 3.90. The minimum Gasteiger partial charge on any atom is -0.348 e. The zero-order valence-corrected chi connectivity index (χ0v) is 18.9. The standard InChI is InChI=1S/C26H24ClN3O3/c1-17-21(27)11-7-13-23(17)30-16-19(14-24(30)31)25(32)29-22-12-6-5-10-20(22)26(33)28-15-18-8-3-2-4-9-18/h2-13,19H,14-16H2,1H3,(H,28,33)(H,29,32)/t19-/m0/s1. The number of carbonyl (C=O) groups is 3. The van der Waals surface area contributed by atoms with Gasteiger partial charge in [0, 0.05) is 30.2 Å². The third-order valence-corrected chi connectivity index (χ3v) is 6.16. The molecule has 2 N–H and O–H groups in total. The van der Waals surface area contributed by atoms with E-state index in [0.29, 0.717) is 28.5 Å². The summed E-state index contributed by atoms with van der Waals surface area (Å²) in [6.45, 7) is 2.49. The minimum atomic E-state index is -0.531. The van der Waals surface area contributed by atoms with E-state index in [1.165, 1.54) is 0 Å². The summed E-state index contributed by atoms with van der Waals surface area (Å²) in [6.07, 6.45) is 0.0974. The molecule has 1 heterocycles. The van der Waals surface area contributed by atoms with Crippen molar-refractivity contribution in [2.75, 3.05) is 16.8 Å². The first-order valence-corrected chi connectivity index (χ1v) is 11.1. The van der Waals surface area contributed by atoms with Gasteiger partial charge in [0.25, 0.3) is 5.91 Å². The predicted octanol–water partition coefficient (Wildman–Crippen LogP) is 4.57. The van der Waals surface area contributed by atoms with E-state index < -0.39 is 5.92 Å². The maximum atomic E-state index is 13.0. The van der Waals surface area contributed by atoms with Gasteiger partial charge >= 0.3 is 0 Å². The summed E-state index contributed by atoms with van der Waals surface area (Å²) in [5.74, 6) is -1.24. The normalized spacial score (nSPS) is 15.4. The van der Waals surface area contributed by atoms with Crippen molar-refractivity contribution in [1.82, 2.24) is 5.32 Å². The van der Waals surface area contributed by atoms with Crippen LogP contribution in [0.15, 0.2) is 72.8 Å². The molecule has 7 heteroatoms. The molecule has 3 aromatic rings. The van der Waals surface area contributed by atoms with E-state index in [-0.39, 0.29) is 30.7 Å². The van der Waals surface area contributed by atoms with Crippen LogP contribution in [0.3, 0.4) is 0 Å². The monoisotopic (exact) mass is 461 g/mol. The molecule has 33 heavy (non-hydrogen) atoms. The van der Waals surface area contributed by atoms with E-state index in [4.69, 9.17) is 11.6 Å². The van der Waals surface area contributed by atoms with E-state index in [9.17, 15) is 14.4 Å². The topological polar surface area (TPSA) is 78.5 Å². The van der Waals surface area contributed by atoms with Crippen molar-refractivity contribution in [3.8, 4) is 0 Å². The molecule has 6 nitrogen and oxygen atoms in total. The quantitative estimate of drug-likeness (QED) is 0.564. The van der Waals surface area contributed by atoms with Crippen LogP contribution >= 0.6 is 11.6 Å². The van der Waals surface area contributed by atoms with Crippen molar-refractivity contribution in [2.24, 2.45) is 5.92 Å². The van der Waals surface area contributed by atoms with Crippen LogP contribution in [-0.2, 0) is 16.1 Å². The Balaban J connectivity index is 1.44. The Labute approximate surface area is 197 Å². The molecule has 3 aromatic carbocycles. The molecule has 3 amide bonds. The molecular weight excluding hydrogens is 438 g/mol. The molecule has 0 unspecified atom stereocenters. The van der Waals surface area contributed by atoms with Gasteiger partial charge in [-0.2, -0.15) is 0 Å². The van der Waals surface area contributed by atoms with Crippen LogP contribution in [0.2, 0.25) is 5.02 Å². The summed E-state index contributed by atoms with van der Waals surface area (Å²) >= 11 is 6.20. The second kappa shape index (κ2) is 9.88. The average molecular weight is 462 g/mol. The zero-order chi connectivity index (χ0) is 23.4. The number of rotatable bonds is 6. The van der Waals surface area contributed by atoms with Gasteiger partial charge in [-0.25, -0.2) is 0 Å². The third-order valence-electron chi connectivity index (χ3n) is 5.75. The van der Waals surface area contributed by atoms with E-state index in [1.54, 1.807) is 41.3 Å². The number of nitrogens with zero attached hydrogens (tertiary/aromatic N) is 1. The molecule has 1 fully saturated rings. The van der Waals surface area contributed by atoms with E-state index in [1.807, 2.05) is 43.3 Å². The third kappa shape index (κ3) is 5.07. The second-order valence-electron chi connectivity index (χ2n) is 7.99. The van der Waals surface area contributed by atoms with Crippen molar-refractivity contribution in [3.63, 3.8) is 0 Å². The molecule has 1 atom stereocenters. The molecule has 1 aliphatic rings. The summed E-state index contributed by atoms with van der Waals surface area (Å²) in [7, 11) is 0. The molecule has 0 radical (unpaired) electrons. The lowest BCUT2D eigenvalue weighted by molar-refractivity contribution is -0.122. The fourth-order valence-corrected chi connectivity index (χ4v) is 4.07. The summed E-state index contributed by atoms with van der Waals surface area (Å²) in [5.41, 5.74) is 3.28. The van der Waals surface area contributed by atoms with Gasteiger partial charge in [-0.15, -0.1) is 0 Å². The Morgan fingerprint density at radius 1 is 1.00 bits per heavy atom. The number of carbonyl (C=O) groups excluding carboxylic acids is 3. The largest absolute Gasteiger partial charge is 0.348 e. The van der Waals surface area contributed by atoms with Crippen LogP contribution < -0.4 is 15.5 Å². The summed E-state index contributed by atoms with van der Waals surface area (Å²) in [5, 5.41) is 6.30. The number of benzene rings is 3. The first-order valence-electron chi connectivity index (χ1n) is 10.7. The minimum absolute atomic E-state index is 0.0974. The number of nitrogens with one attached hydrogen (secondary N) is 2. The van der Waals surface area contributed by atoms with Gasteiger partial charge in [-0.1, -0.05) is 60.1 Å². The van der Waals surface area contributed by atoms with Crippen LogP contribution in [0.4, 0.5) is 11.4 Å². The Hall–Kier alpha value is -3.64. The smallest absolute Gasteiger partial charge is 0.253 e. The number of halogens is 1. The van der Waals surface area contributed by atoms with Crippen LogP contribution in [0.5, 0.6) is 0 Å². The predicted molar refractivity (Wildman–Crippen MR) is 129 cm³/mol. The Morgan fingerprint density at radius 2 is 1.73 bits per heavy atom. The molecule has 1 saturated heterocycles. The highest BCUT2D eigenvalue weighted by Crippen LogP contribution is 2.32. The molecule has 0 aromatic heterocycles. The maximum Gasteiger partial charge on any atom is 0.253 e. The number of hydrogen-bond acceptors (Lipinski definition) is 3. The number of amides is 3. The van der Waals surface area contributed by atoms with Gasteiger partial charge in [-0.3, -0.25) is 14.4 Å². The van der Waals surface area contributed by atoms with Crippen molar-refractivity contribution in [1.29, 1.82) is 0 Å². The summed E-state index contributed by atoms with van der Waals surface area (Å²) < 4.78 is 0. The fraction of sp³-hybridized carbons (Fsp3) is 0.192. The van der Waals surface area contributed by atoms with Crippen molar-refractivity contribution in [2.45, 2.75) is 19.9 Å². The van der Waals surface area contributed by atoms with Crippen molar-refractivity contribution in [3.05, 3.63) is 94.5 Å². The molecular formula is C26H24ClN3O3. The molecule has 1 aliphatic heterocycles. The molecule has 4 rings (SSSR count). The van der Waals surface area contributed by atoms with E-state index in [2.05, 4.69) is 10.6 Å². The molecule has 168 valence electrons. The first kappa shape index (κ1) is 22.6. The number of para-hydroxylation sites is 1. The maximum absolute atomic E-state index is 13.0. The lowest BCUT2D eigenvalue weighted by atomic mass is 10.1. The number of anilines is 2. The van der Waals surface area contributed by atoms with Crippen LogP contribution in [0, 0.1) is 12.8 Å². The lowest BCUT2D eigenvalue weighted by Gasteiger charge is -2.20. The van der Waals surface area contributed by atoms with Gasteiger partial charge < -0.3 is 15.5 Å². The highest BCUT2D eigenvalue weighted by Gasteiger charge is 2.36. The van der Waals surface area contributed by atoms with Gasteiger partial charge in [-0.05, 0) is 42.3 Å². The molecule has 0 bridgehead atoms. The van der Waals surface area contributed by atoms with Crippen LogP contribution in [0.25, 0.3) is 0 Å². The molecule has 0 aliphatic carbocycles. The van der Waals surface area contributed by atoms with Crippen molar-refractivity contribution < 1.29 is 14.4 Å². The Bertz CT molecular complexity index is 1200. The lowest BCUT2D eigenvalue weighted by Crippen LogP contribution is -2.29. The molecule has 0 saturated carbocycles. The van der Waals surface area contributed by atoms with Gasteiger partial charge in [0.2, 0.25) is 11.8 Å². The van der Waals surface area contributed by atoms with Gasteiger partial charge in [0.15, 0.2) is 0 Å². The highest BCUT2D eigenvalue weighted by atomic mass is 35.5. The molecule has 0 spiro atoms. The SMILES string of the molecule is Cc1c(Cl)cccc1N1C[C@@H](C(=O)Nc2ccccc2C(=O)NCc2ccccc2)CC1=O. The summed E-state index contributed by atoms with van der Waals surface area (Å²) in [6, 6.07) is 21.8. The van der Waals surface area contributed by atoms with Crippen LogP contribution in [0.1, 0.15) is 27.9 Å². The Morgan fingerprint density at radius 3 is 2.52 bits per heavy atom. The van der Waals surface area contributed by atoms with Gasteiger partial charge in [0.05, 0.1) is 17.2 Å². The number of hydrogen-bond donors (Lipinski definition) is 2. The summed E-state index contributed by atoms with van der Waals surface area (Å²) in [4.78, 5) is 40.0. The van der Waals surface area contributed by atoms with Crippen molar-refractivity contribution >= 4 is 40.7 Å². The zero-order valence-electron chi connectivity index (χ0n) is 18.2. The second-order valence-corrected chi connectivity index (χ2v) is 8.40. The van der Waals surface area contributed by atoms with Crippen LogP contribution in [-0.4, -0.2) is 24.3 Å². The Kier molecular flexibility index (Phi) is 6.75. The van der Waals surface area contributed by atoms with E-state index >= 15 is 0 Å².